The Kier molecular flexibility index (Phi) is 4.63. The van der Waals surface area contributed by atoms with E-state index >= 15 is 0 Å². The van der Waals surface area contributed by atoms with Gasteiger partial charge in [-0.05, 0) is 56.7 Å². The molecule has 24 heavy (non-hydrogen) atoms. The molecule has 1 saturated carbocycles. The summed E-state index contributed by atoms with van der Waals surface area (Å²) in [6, 6.07) is 4.88. The summed E-state index contributed by atoms with van der Waals surface area (Å²) in [4.78, 5) is 24.9. The summed E-state index contributed by atoms with van der Waals surface area (Å²) in [6.07, 6.45) is 3.23. The fraction of sp³-hybridized carbons (Fsp3) is 0.444. The van der Waals surface area contributed by atoms with E-state index < -0.39 is 11.6 Å². The first-order valence-electron chi connectivity index (χ1n) is 8.03. The third kappa shape index (κ3) is 3.05. The zero-order valence-corrected chi connectivity index (χ0v) is 15.1. The Hall–Kier alpha value is -1.52. The molecule has 1 heterocycles. The second-order valence-electron chi connectivity index (χ2n) is 6.65. The van der Waals surface area contributed by atoms with Crippen LogP contribution < -0.4 is 5.32 Å². The number of nitrogens with one attached hydrogen (secondary N) is 1. The molecule has 0 radical (unpaired) electrons. The van der Waals surface area contributed by atoms with Crippen LogP contribution in [0.25, 0.3) is 0 Å². The van der Waals surface area contributed by atoms with Crippen molar-refractivity contribution >= 4 is 40.8 Å². The van der Waals surface area contributed by atoms with Gasteiger partial charge in [-0.2, -0.15) is 0 Å². The fourth-order valence-corrected chi connectivity index (χ4v) is 3.77. The summed E-state index contributed by atoms with van der Waals surface area (Å²) in [5.74, 6) is -0.134. The Labute approximate surface area is 151 Å². The van der Waals surface area contributed by atoms with Crippen LogP contribution in [0, 0.1) is 5.92 Å². The number of amides is 1. The topological polar surface area (TPSA) is 55.4 Å². The number of hydrogen-bond acceptors (Lipinski definition) is 3. The zero-order valence-electron chi connectivity index (χ0n) is 13.6. The largest absolute Gasteiger partial charge is 0.451 e. The van der Waals surface area contributed by atoms with Crippen molar-refractivity contribution in [3.05, 3.63) is 39.4 Å². The monoisotopic (exact) mass is 367 g/mol. The van der Waals surface area contributed by atoms with Gasteiger partial charge in [0.15, 0.2) is 0 Å². The van der Waals surface area contributed by atoms with E-state index in [1.165, 1.54) is 0 Å². The van der Waals surface area contributed by atoms with Gasteiger partial charge in [0, 0.05) is 11.3 Å². The SMILES string of the molecule is CC1=C(C(=O)Nc2ccc(Cl)c(Cl)c2)C2(CCC(C)CC2)OC1=O. The molecule has 0 saturated heterocycles. The van der Waals surface area contributed by atoms with E-state index in [1.807, 2.05) is 0 Å². The highest BCUT2D eigenvalue weighted by molar-refractivity contribution is 6.42. The number of rotatable bonds is 2. The van der Waals surface area contributed by atoms with Crippen molar-refractivity contribution in [2.24, 2.45) is 5.92 Å². The van der Waals surface area contributed by atoms with Crippen molar-refractivity contribution < 1.29 is 14.3 Å². The van der Waals surface area contributed by atoms with Crippen molar-refractivity contribution in [1.29, 1.82) is 0 Å². The number of carbonyl (C=O) groups excluding carboxylic acids is 2. The van der Waals surface area contributed by atoms with Crippen LogP contribution in [0.5, 0.6) is 0 Å². The van der Waals surface area contributed by atoms with Crippen molar-refractivity contribution in [2.45, 2.75) is 45.1 Å². The van der Waals surface area contributed by atoms with Crippen LogP contribution >= 0.6 is 23.2 Å². The Bertz CT molecular complexity index is 734. The number of hydrogen-bond donors (Lipinski definition) is 1. The van der Waals surface area contributed by atoms with Gasteiger partial charge in [-0.3, -0.25) is 4.79 Å². The minimum Gasteiger partial charge on any atom is -0.451 e. The Morgan fingerprint density at radius 2 is 1.92 bits per heavy atom. The number of ether oxygens (including phenoxy) is 1. The molecule has 3 rings (SSSR count). The summed E-state index contributed by atoms with van der Waals surface area (Å²) < 4.78 is 5.64. The minimum atomic E-state index is -0.784. The maximum absolute atomic E-state index is 12.8. The van der Waals surface area contributed by atoms with Crippen LogP contribution in [0.2, 0.25) is 10.0 Å². The average molecular weight is 368 g/mol. The molecule has 128 valence electrons. The molecule has 0 bridgehead atoms. The first-order chi connectivity index (χ1) is 11.3. The molecular formula is C18H19Cl2NO3. The standard InChI is InChI=1S/C18H19Cl2NO3/c1-10-5-7-18(8-6-10)15(11(2)17(23)24-18)16(22)21-12-3-4-13(19)14(20)9-12/h3-4,9-10H,5-8H2,1-2H3,(H,21,22). The van der Waals surface area contributed by atoms with Crippen LogP contribution in [0.4, 0.5) is 5.69 Å². The van der Waals surface area contributed by atoms with Gasteiger partial charge in [0.05, 0.1) is 15.6 Å². The van der Waals surface area contributed by atoms with Crippen molar-refractivity contribution in [3.63, 3.8) is 0 Å². The van der Waals surface area contributed by atoms with Crippen molar-refractivity contribution in [2.75, 3.05) is 5.32 Å². The molecule has 6 heteroatoms. The molecule has 1 amide bonds. The smallest absolute Gasteiger partial charge is 0.335 e. The second kappa shape index (κ2) is 6.41. The van der Waals surface area contributed by atoms with Crippen LogP contribution in [-0.4, -0.2) is 17.5 Å². The van der Waals surface area contributed by atoms with Crippen LogP contribution in [0.3, 0.4) is 0 Å². The van der Waals surface area contributed by atoms with Gasteiger partial charge in [-0.1, -0.05) is 30.1 Å². The lowest BCUT2D eigenvalue weighted by Gasteiger charge is -2.36. The van der Waals surface area contributed by atoms with E-state index in [1.54, 1.807) is 25.1 Å². The molecule has 1 aliphatic heterocycles. The molecule has 4 nitrogen and oxygen atoms in total. The van der Waals surface area contributed by atoms with Crippen LogP contribution in [0.15, 0.2) is 29.3 Å². The predicted molar refractivity (Wildman–Crippen MR) is 94.2 cm³/mol. The lowest BCUT2D eigenvalue weighted by molar-refractivity contribution is -0.150. The lowest BCUT2D eigenvalue weighted by Crippen LogP contribution is -2.40. The Morgan fingerprint density at radius 3 is 2.54 bits per heavy atom. The first kappa shape index (κ1) is 17.3. The van der Waals surface area contributed by atoms with Crippen molar-refractivity contribution in [1.82, 2.24) is 0 Å². The van der Waals surface area contributed by atoms with E-state index in [0.717, 1.165) is 12.8 Å². The molecule has 1 fully saturated rings. The summed E-state index contributed by atoms with van der Waals surface area (Å²) in [7, 11) is 0. The van der Waals surface area contributed by atoms with E-state index in [0.29, 0.717) is 45.6 Å². The summed E-state index contributed by atoms with van der Waals surface area (Å²) in [6.45, 7) is 3.83. The Balaban J connectivity index is 1.88. The zero-order chi connectivity index (χ0) is 17.5. The molecule has 1 aromatic rings. The van der Waals surface area contributed by atoms with Gasteiger partial charge in [-0.25, -0.2) is 4.79 Å². The van der Waals surface area contributed by atoms with E-state index in [2.05, 4.69) is 12.2 Å². The van der Waals surface area contributed by atoms with Gasteiger partial charge in [0.1, 0.15) is 5.60 Å². The number of anilines is 1. The summed E-state index contributed by atoms with van der Waals surface area (Å²) in [5, 5.41) is 3.59. The molecule has 0 unspecified atom stereocenters. The second-order valence-corrected chi connectivity index (χ2v) is 7.46. The third-order valence-electron chi connectivity index (χ3n) is 4.91. The normalized spacial score (nSPS) is 26.7. The number of carbonyl (C=O) groups is 2. The molecule has 1 spiro atoms. The first-order valence-corrected chi connectivity index (χ1v) is 8.79. The van der Waals surface area contributed by atoms with Gasteiger partial charge in [-0.15, -0.1) is 0 Å². The molecule has 1 N–H and O–H groups in total. The summed E-state index contributed by atoms with van der Waals surface area (Å²) in [5.41, 5.74) is 0.592. The Morgan fingerprint density at radius 1 is 1.25 bits per heavy atom. The highest BCUT2D eigenvalue weighted by Gasteiger charge is 2.50. The molecule has 1 aliphatic carbocycles. The van der Waals surface area contributed by atoms with Crippen LogP contribution in [0.1, 0.15) is 39.5 Å². The average Bonchev–Trinajstić information content (AvgIpc) is 2.77. The molecule has 0 atom stereocenters. The molecule has 0 aromatic heterocycles. The maximum atomic E-state index is 12.8. The highest BCUT2D eigenvalue weighted by Crippen LogP contribution is 2.45. The van der Waals surface area contributed by atoms with Gasteiger partial charge < -0.3 is 10.1 Å². The minimum absolute atomic E-state index is 0.314. The summed E-state index contributed by atoms with van der Waals surface area (Å²) >= 11 is 11.9. The van der Waals surface area contributed by atoms with E-state index in [4.69, 9.17) is 27.9 Å². The fourth-order valence-electron chi connectivity index (χ4n) is 3.47. The quantitative estimate of drug-likeness (QED) is 0.767. The molecular weight excluding hydrogens is 349 g/mol. The third-order valence-corrected chi connectivity index (χ3v) is 5.65. The van der Waals surface area contributed by atoms with Gasteiger partial charge in [0.2, 0.25) is 0 Å². The van der Waals surface area contributed by atoms with Gasteiger partial charge in [0.25, 0.3) is 5.91 Å². The maximum Gasteiger partial charge on any atom is 0.335 e. The van der Waals surface area contributed by atoms with Crippen molar-refractivity contribution in [3.8, 4) is 0 Å². The number of esters is 1. The van der Waals surface area contributed by atoms with E-state index in [-0.39, 0.29) is 5.91 Å². The number of benzene rings is 1. The lowest BCUT2D eigenvalue weighted by atomic mass is 9.75. The predicted octanol–water partition coefficient (Wildman–Crippen LogP) is 4.75. The number of halogens is 2. The van der Waals surface area contributed by atoms with Gasteiger partial charge >= 0.3 is 5.97 Å². The molecule has 2 aliphatic rings. The highest BCUT2D eigenvalue weighted by atomic mass is 35.5. The molecule has 1 aromatic carbocycles. The van der Waals surface area contributed by atoms with Crippen LogP contribution in [-0.2, 0) is 14.3 Å². The van der Waals surface area contributed by atoms with E-state index in [9.17, 15) is 9.59 Å².